The Bertz CT molecular complexity index is 521. The summed E-state index contributed by atoms with van der Waals surface area (Å²) in [4.78, 5) is 10.2. The van der Waals surface area contributed by atoms with Gasteiger partial charge in [-0.15, -0.1) is 0 Å². The minimum Gasteiger partial charge on any atom is -0.492 e. The molecule has 0 aliphatic heterocycles. The number of hydrogen-bond acceptors (Lipinski definition) is 4. The molecule has 1 aliphatic rings. The molecular formula is C12H11BrN2O3. The fourth-order valence-electron chi connectivity index (χ4n) is 1.66. The highest BCUT2D eigenvalue weighted by molar-refractivity contribution is 9.10. The van der Waals surface area contributed by atoms with Gasteiger partial charge >= 0.3 is 0 Å². The highest BCUT2D eigenvalue weighted by Crippen LogP contribution is 2.49. The molecule has 0 radical (unpaired) electrons. The van der Waals surface area contributed by atoms with Crippen molar-refractivity contribution in [1.82, 2.24) is 0 Å². The molecule has 1 aromatic rings. The number of non-ortho nitro benzene ring substituents is 1. The van der Waals surface area contributed by atoms with Crippen LogP contribution in [0.4, 0.5) is 5.69 Å². The van der Waals surface area contributed by atoms with Crippen molar-refractivity contribution < 1.29 is 9.66 Å². The van der Waals surface area contributed by atoms with Crippen LogP contribution in [0.15, 0.2) is 22.7 Å². The summed E-state index contributed by atoms with van der Waals surface area (Å²) in [5.74, 6) is 0.452. The van der Waals surface area contributed by atoms with E-state index in [-0.39, 0.29) is 11.1 Å². The van der Waals surface area contributed by atoms with Crippen LogP contribution in [-0.2, 0) is 0 Å². The molecule has 1 aliphatic carbocycles. The second-order valence-electron chi connectivity index (χ2n) is 4.50. The molecule has 1 aromatic carbocycles. The summed E-state index contributed by atoms with van der Waals surface area (Å²) in [6.07, 6.45) is 2.43. The number of halogens is 1. The second kappa shape index (κ2) is 4.94. The molecule has 0 amide bonds. The minimum absolute atomic E-state index is 0.00155. The maximum Gasteiger partial charge on any atom is 0.273 e. The highest BCUT2D eigenvalue weighted by Gasteiger charge is 2.43. The van der Waals surface area contributed by atoms with Crippen LogP contribution in [0.25, 0.3) is 0 Å². The number of rotatable bonds is 5. The first-order chi connectivity index (χ1) is 8.56. The topological polar surface area (TPSA) is 76.2 Å². The number of nitriles is 1. The SMILES string of the molecule is N#CCC1(COc2cc([N+](=O)[O-])ccc2Br)CC1. The van der Waals surface area contributed by atoms with E-state index in [1.807, 2.05) is 0 Å². The van der Waals surface area contributed by atoms with Crippen LogP contribution in [0, 0.1) is 26.9 Å². The smallest absolute Gasteiger partial charge is 0.273 e. The number of hydrogen-bond donors (Lipinski definition) is 0. The van der Waals surface area contributed by atoms with E-state index in [0.29, 0.717) is 23.2 Å². The standard InChI is InChI=1S/C12H11BrN2O3/c13-10-2-1-9(15(16)17)7-11(10)18-8-12(3-4-12)5-6-14/h1-2,7H,3-5,8H2. The Hall–Kier alpha value is -1.61. The lowest BCUT2D eigenvalue weighted by Gasteiger charge is -2.13. The molecule has 0 heterocycles. The first kappa shape index (κ1) is 12.8. The normalized spacial score (nSPS) is 15.8. The van der Waals surface area contributed by atoms with Gasteiger partial charge in [-0.1, -0.05) is 0 Å². The molecule has 2 rings (SSSR count). The molecule has 94 valence electrons. The number of nitrogens with zero attached hydrogens (tertiary/aromatic N) is 2. The third kappa shape index (κ3) is 2.79. The van der Waals surface area contributed by atoms with Gasteiger partial charge in [-0.05, 0) is 34.8 Å². The lowest BCUT2D eigenvalue weighted by Crippen LogP contribution is -2.12. The Morgan fingerprint density at radius 2 is 2.28 bits per heavy atom. The van der Waals surface area contributed by atoms with E-state index >= 15 is 0 Å². The van der Waals surface area contributed by atoms with E-state index < -0.39 is 4.92 Å². The lowest BCUT2D eigenvalue weighted by molar-refractivity contribution is -0.385. The zero-order chi connectivity index (χ0) is 13.2. The predicted molar refractivity (Wildman–Crippen MR) is 68.2 cm³/mol. The molecule has 6 heteroatoms. The van der Waals surface area contributed by atoms with Crippen molar-refractivity contribution in [3.63, 3.8) is 0 Å². The van der Waals surface area contributed by atoms with Crippen molar-refractivity contribution in [3.05, 3.63) is 32.8 Å². The van der Waals surface area contributed by atoms with Crippen molar-refractivity contribution in [2.45, 2.75) is 19.3 Å². The van der Waals surface area contributed by atoms with Crippen molar-refractivity contribution in [2.75, 3.05) is 6.61 Å². The Balaban J connectivity index is 2.07. The van der Waals surface area contributed by atoms with Gasteiger partial charge in [0.1, 0.15) is 5.75 Å². The molecule has 1 fully saturated rings. The zero-order valence-corrected chi connectivity index (χ0v) is 11.1. The minimum atomic E-state index is -0.457. The Labute approximate surface area is 113 Å². The lowest BCUT2D eigenvalue weighted by atomic mass is 10.1. The van der Waals surface area contributed by atoms with Gasteiger partial charge in [0, 0.05) is 17.9 Å². The van der Waals surface area contributed by atoms with Gasteiger partial charge in [-0.2, -0.15) is 5.26 Å². The summed E-state index contributed by atoms with van der Waals surface area (Å²) in [5.41, 5.74) is -0.0444. The fourth-order valence-corrected chi connectivity index (χ4v) is 2.02. The quantitative estimate of drug-likeness (QED) is 0.616. The molecule has 1 saturated carbocycles. The number of ether oxygens (including phenoxy) is 1. The largest absolute Gasteiger partial charge is 0.492 e. The van der Waals surface area contributed by atoms with Crippen LogP contribution in [0.5, 0.6) is 5.75 Å². The van der Waals surface area contributed by atoms with Crippen molar-refractivity contribution >= 4 is 21.6 Å². The third-order valence-electron chi connectivity index (χ3n) is 3.07. The first-order valence-corrected chi connectivity index (χ1v) is 6.29. The van der Waals surface area contributed by atoms with Crippen molar-refractivity contribution in [3.8, 4) is 11.8 Å². The Kier molecular flexibility index (Phi) is 3.53. The van der Waals surface area contributed by atoms with Crippen LogP contribution in [0.2, 0.25) is 0 Å². The zero-order valence-electron chi connectivity index (χ0n) is 9.56. The average molecular weight is 311 g/mol. The molecule has 0 aromatic heterocycles. The van der Waals surface area contributed by atoms with Gasteiger partial charge in [0.05, 0.1) is 28.1 Å². The van der Waals surface area contributed by atoms with Gasteiger partial charge in [-0.3, -0.25) is 10.1 Å². The van der Waals surface area contributed by atoms with Crippen LogP contribution in [-0.4, -0.2) is 11.5 Å². The van der Waals surface area contributed by atoms with Crippen LogP contribution < -0.4 is 4.74 Å². The van der Waals surface area contributed by atoms with Gasteiger partial charge in [0.2, 0.25) is 0 Å². The van der Waals surface area contributed by atoms with Gasteiger partial charge in [0.25, 0.3) is 5.69 Å². The van der Waals surface area contributed by atoms with Crippen LogP contribution >= 0.6 is 15.9 Å². The van der Waals surface area contributed by atoms with E-state index in [1.54, 1.807) is 6.07 Å². The molecule has 18 heavy (non-hydrogen) atoms. The van der Waals surface area contributed by atoms with Crippen LogP contribution in [0.3, 0.4) is 0 Å². The molecule has 0 N–H and O–H groups in total. The fraction of sp³-hybridized carbons (Fsp3) is 0.417. The number of nitro groups is 1. The van der Waals surface area contributed by atoms with E-state index in [2.05, 4.69) is 22.0 Å². The van der Waals surface area contributed by atoms with Gasteiger partial charge < -0.3 is 4.74 Å². The maximum absolute atomic E-state index is 10.7. The molecule has 0 spiro atoms. The van der Waals surface area contributed by atoms with E-state index in [1.165, 1.54) is 12.1 Å². The molecular weight excluding hydrogens is 300 g/mol. The molecule has 0 atom stereocenters. The Morgan fingerprint density at radius 3 is 2.83 bits per heavy atom. The number of benzene rings is 1. The Morgan fingerprint density at radius 1 is 1.56 bits per heavy atom. The summed E-state index contributed by atoms with van der Waals surface area (Å²) in [7, 11) is 0. The third-order valence-corrected chi connectivity index (χ3v) is 3.73. The molecule has 0 unspecified atom stereocenters. The predicted octanol–water partition coefficient (Wildman–Crippen LogP) is 3.43. The summed E-state index contributed by atoms with van der Waals surface area (Å²) in [6, 6.07) is 6.56. The summed E-state index contributed by atoms with van der Waals surface area (Å²) >= 11 is 3.29. The van der Waals surface area contributed by atoms with E-state index in [4.69, 9.17) is 10.00 Å². The average Bonchev–Trinajstić information content (AvgIpc) is 3.08. The maximum atomic E-state index is 10.7. The second-order valence-corrected chi connectivity index (χ2v) is 5.35. The van der Waals surface area contributed by atoms with E-state index in [9.17, 15) is 10.1 Å². The highest BCUT2D eigenvalue weighted by atomic mass is 79.9. The summed E-state index contributed by atoms with van der Waals surface area (Å²) in [5, 5.41) is 19.4. The van der Waals surface area contributed by atoms with Crippen molar-refractivity contribution in [1.29, 1.82) is 5.26 Å². The monoisotopic (exact) mass is 310 g/mol. The molecule has 5 nitrogen and oxygen atoms in total. The van der Waals surface area contributed by atoms with Crippen molar-refractivity contribution in [2.24, 2.45) is 5.41 Å². The van der Waals surface area contributed by atoms with Gasteiger partial charge in [-0.25, -0.2) is 0 Å². The molecule has 0 saturated heterocycles. The first-order valence-electron chi connectivity index (χ1n) is 5.50. The van der Waals surface area contributed by atoms with Crippen LogP contribution in [0.1, 0.15) is 19.3 Å². The van der Waals surface area contributed by atoms with E-state index in [0.717, 1.165) is 12.8 Å². The number of nitro benzene ring substituents is 1. The summed E-state index contributed by atoms with van der Waals surface area (Å²) in [6.45, 7) is 0.431. The molecule has 0 bridgehead atoms. The van der Waals surface area contributed by atoms with Gasteiger partial charge in [0.15, 0.2) is 0 Å². The summed E-state index contributed by atoms with van der Waals surface area (Å²) < 4.78 is 6.29.